The van der Waals surface area contributed by atoms with Crippen molar-refractivity contribution in [3.05, 3.63) is 0 Å². The van der Waals surface area contributed by atoms with E-state index < -0.39 is 0 Å². The van der Waals surface area contributed by atoms with Crippen LogP contribution in [0.25, 0.3) is 0 Å². The lowest BCUT2D eigenvalue weighted by molar-refractivity contribution is 0.612. The van der Waals surface area contributed by atoms with E-state index in [1.807, 2.05) is 0 Å². The highest BCUT2D eigenvalue weighted by molar-refractivity contribution is 14.0. The molecular formula is C14H28IN3S. The van der Waals surface area contributed by atoms with Crippen LogP contribution in [-0.4, -0.2) is 36.1 Å². The van der Waals surface area contributed by atoms with E-state index in [0.717, 1.165) is 37.4 Å². The van der Waals surface area contributed by atoms with E-state index in [0.29, 0.717) is 4.75 Å². The van der Waals surface area contributed by atoms with Crippen LogP contribution in [0.5, 0.6) is 0 Å². The van der Waals surface area contributed by atoms with Gasteiger partial charge in [-0.05, 0) is 50.7 Å². The van der Waals surface area contributed by atoms with Crippen LogP contribution in [-0.2, 0) is 0 Å². The SMILES string of the molecule is CCNC(=NCC1(C)CCCS1)NCC1CC1C.I. The molecule has 1 heterocycles. The fourth-order valence-electron chi connectivity index (χ4n) is 2.46. The number of halogens is 1. The average Bonchev–Trinajstić information content (AvgIpc) is 2.87. The summed E-state index contributed by atoms with van der Waals surface area (Å²) in [5.41, 5.74) is 0. The molecule has 3 nitrogen and oxygen atoms in total. The van der Waals surface area contributed by atoms with Crippen molar-refractivity contribution in [2.75, 3.05) is 25.4 Å². The Balaban J connectivity index is 0.00000180. The number of thioether (sulfide) groups is 1. The minimum atomic E-state index is 0. The largest absolute Gasteiger partial charge is 0.357 e. The average molecular weight is 397 g/mol. The van der Waals surface area contributed by atoms with Crippen LogP contribution in [0.1, 0.15) is 40.0 Å². The summed E-state index contributed by atoms with van der Waals surface area (Å²) in [5.74, 6) is 4.08. The molecule has 2 N–H and O–H groups in total. The Bertz CT molecular complexity index is 303. The predicted molar refractivity (Wildman–Crippen MR) is 96.8 cm³/mol. The van der Waals surface area contributed by atoms with Gasteiger partial charge in [0, 0.05) is 17.8 Å². The third kappa shape index (κ3) is 5.69. The van der Waals surface area contributed by atoms with E-state index in [1.165, 1.54) is 25.0 Å². The first kappa shape index (κ1) is 17.4. The summed E-state index contributed by atoms with van der Waals surface area (Å²) in [6, 6.07) is 0. The number of guanidine groups is 1. The van der Waals surface area contributed by atoms with Gasteiger partial charge in [-0.2, -0.15) is 11.8 Å². The molecule has 0 aromatic rings. The zero-order valence-electron chi connectivity index (χ0n) is 12.4. The number of nitrogens with one attached hydrogen (secondary N) is 2. The smallest absolute Gasteiger partial charge is 0.191 e. The van der Waals surface area contributed by atoms with Crippen molar-refractivity contribution in [3.63, 3.8) is 0 Å². The van der Waals surface area contributed by atoms with E-state index in [-0.39, 0.29) is 24.0 Å². The van der Waals surface area contributed by atoms with Gasteiger partial charge in [0.05, 0.1) is 6.54 Å². The van der Waals surface area contributed by atoms with Gasteiger partial charge >= 0.3 is 0 Å². The van der Waals surface area contributed by atoms with Crippen LogP contribution in [0.3, 0.4) is 0 Å². The van der Waals surface area contributed by atoms with E-state index in [2.05, 4.69) is 43.2 Å². The van der Waals surface area contributed by atoms with E-state index in [4.69, 9.17) is 4.99 Å². The number of nitrogens with zero attached hydrogens (tertiary/aromatic N) is 1. The molecule has 0 spiro atoms. The van der Waals surface area contributed by atoms with Gasteiger partial charge in [0.2, 0.25) is 0 Å². The molecule has 2 fully saturated rings. The highest BCUT2D eigenvalue weighted by atomic mass is 127. The standard InChI is InChI=1S/C14H27N3S.HI/c1-4-15-13(16-9-12-8-11(12)2)17-10-14(3)6-5-7-18-14;/h11-12H,4-10H2,1-3H3,(H2,15,16,17);1H. The van der Waals surface area contributed by atoms with Crippen LogP contribution >= 0.6 is 35.7 Å². The minimum Gasteiger partial charge on any atom is -0.357 e. The molecule has 0 radical (unpaired) electrons. The van der Waals surface area contributed by atoms with Crippen molar-refractivity contribution in [2.24, 2.45) is 16.8 Å². The predicted octanol–water partition coefficient (Wildman–Crippen LogP) is 3.10. The van der Waals surface area contributed by atoms with Gasteiger partial charge in [-0.25, -0.2) is 0 Å². The maximum atomic E-state index is 4.77. The van der Waals surface area contributed by atoms with Gasteiger partial charge in [-0.15, -0.1) is 24.0 Å². The van der Waals surface area contributed by atoms with Crippen LogP contribution in [0.2, 0.25) is 0 Å². The van der Waals surface area contributed by atoms with Crippen molar-refractivity contribution in [2.45, 2.75) is 44.8 Å². The van der Waals surface area contributed by atoms with Crippen molar-refractivity contribution >= 4 is 41.7 Å². The molecular weight excluding hydrogens is 369 g/mol. The fourth-order valence-corrected chi connectivity index (χ4v) is 3.69. The van der Waals surface area contributed by atoms with Gasteiger partial charge < -0.3 is 10.6 Å². The molecule has 0 aromatic carbocycles. The van der Waals surface area contributed by atoms with Crippen molar-refractivity contribution in [1.29, 1.82) is 0 Å². The molecule has 2 rings (SSSR count). The number of hydrogen-bond acceptors (Lipinski definition) is 2. The Morgan fingerprint density at radius 2 is 2.16 bits per heavy atom. The fraction of sp³-hybridized carbons (Fsp3) is 0.929. The summed E-state index contributed by atoms with van der Waals surface area (Å²) in [4.78, 5) is 4.77. The van der Waals surface area contributed by atoms with Crippen LogP contribution in [0.4, 0.5) is 0 Å². The highest BCUT2D eigenvalue weighted by Crippen LogP contribution is 2.38. The van der Waals surface area contributed by atoms with Crippen LogP contribution in [0, 0.1) is 11.8 Å². The monoisotopic (exact) mass is 397 g/mol. The molecule has 1 saturated carbocycles. The molecule has 1 aliphatic carbocycles. The molecule has 0 aromatic heterocycles. The summed E-state index contributed by atoms with van der Waals surface area (Å²) in [6.07, 6.45) is 4.03. The second-order valence-corrected chi connectivity index (χ2v) is 7.63. The third-order valence-electron chi connectivity index (χ3n) is 4.02. The normalized spacial score (nSPS) is 33.7. The molecule has 2 aliphatic rings. The first-order valence-corrected chi connectivity index (χ1v) is 8.27. The summed E-state index contributed by atoms with van der Waals surface area (Å²) < 4.78 is 0.370. The second-order valence-electron chi connectivity index (χ2n) is 5.95. The Hall–Kier alpha value is 0.350. The maximum Gasteiger partial charge on any atom is 0.191 e. The molecule has 0 amide bonds. The first-order chi connectivity index (χ1) is 8.63. The van der Waals surface area contributed by atoms with Crippen LogP contribution in [0.15, 0.2) is 4.99 Å². The van der Waals surface area contributed by atoms with Crippen molar-refractivity contribution < 1.29 is 0 Å². The van der Waals surface area contributed by atoms with Crippen molar-refractivity contribution in [3.8, 4) is 0 Å². The molecule has 5 heteroatoms. The number of aliphatic imine (C=N–C) groups is 1. The molecule has 3 atom stereocenters. The lowest BCUT2D eigenvalue weighted by Gasteiger charge is -2.21. The summed E-state index contributed by atoms with van der Waals surface area (Å²) in [5, 5.41) is 6.84. The van der Waals surface area contributed by atoms with Gasteiger partial charge in [0.25, 0.3) is 0 Å². The summed E-state index contributed by atoms with van der Waals surface area (Å²) in [7, 11) is 0. The van der Waals surface area contributed by atoms with Crippen LogP contribution < -0.4 is 10.6 Å². The van der Waals surface area contributed by atoms with Gasteiger partial charge in [-0.3, -0.25) is 4.99 Å². The zero-order valence-corrected chi connectivity index (χ0v) is 15.5. The Morgan fingerprint density at radius 1 is 1.42 bits per heavy atom. The van der Waals surface area contributed by atoms with Gasteiger partial charge in [0.1, 0.15) is 0 Å². The van der Waals surface area contributed by atoms with E-state index >= 15 is 0 Å². The minimum absolute atomic E-state index is 0. The second kappa shape index (κ2) is 7.96. The van der Waals surface area contributed by atoms with E-state index in [1.54, 1.807) is 0 Å². The Kier molecular flexibility index (Phi) is 7.29. The number of rotatable bonds is 5. The maximum absolute atomic E-state index is 4.77. The zero-order chi connectivity index (χ0) is 13.0. The lowest BCUT2D eigenvalue weighted by Crippen LogP contribution is -2.39. The molecule has 0 bridgehead atoms. The Morgan fingerprint density at radius 3 is 2.68 bits per heavy atom. The summed E-state index contributed by atoms with van der Waals surface area (Å²) in [6.45, 7) is 9.76. The van der Waals surface area contributed by atoms with Crippen molar-refractivity contribution in [1.82, 2.24) is 10.6 Å². The third-order valence-corrected chi connectivity index (χ3v) is 5.55. The molecule has 112 valence electrons. The number of hydrogen-bond donors (Lipinski definition) is 2. The van der Waals surface area contributed by atoms with Gasteiger partial charge in [0.15, 0.2) is 5.96 Å². The topological polar surface area (TPSA) is 36.4 Å². The quantitative estimate of drug-likeness (QED) is 0.425. The Labute approximate surface area is 139 Å². The molecule has 19 heavy (non-hydrogen) atoms. The molecule has 1 aliphatic heterocycles. The molecule has 1 saturated heterocycles. The lowest BCUT2D eigenvalue weighted by atomic mass is 10.1. The highest BCUT2D eigenvalue weighted by Gasteiger charge is 2.32. The molecule has 3 unspecified atom stereocenters. The summed E-state index contributed by atoms with van der Waals surface area (Å²) >= 11 is 2.08. The van der Waals surface area contributed by atoms with E-state index in [9.17, 15) is 0 Å². The first-order valence-electron chi connectivity index (χ1n) is 7.29. The van der Waals surface area contributed by atoms with Gasteiger partial charge in [-0.1, -0.05) is 6.92 Å².